The molecule has 0 amide bonds. The number of esters is 1. The topological polar surface area (TPSA) is 150 Å². The highest BCUT2D eigenvalue weighted by Gasteiger charge is 2.69. The molecule has 55 heavy (non-hydrogen) atoms. The van der Waals surface area contributed by atoms with Crippen LogP contribution < -0.4 is 0 Å². The predicted octanol–water partition coefficient (Wildman–Crippen LogP) is 3.59. The van der Waals surface area contributed by atoms with E-state index in [1.165, 1.54) is 0 Å². The van der Waals surface area contributed by atoms with Gasteiger partial charge in [-0.05, 0) is 68.4 Å². The molecular formula is C42H60O13. The molecule has 6 unspecified atom stereocenters. The lowest BCUT2D eigenvalue weighted by Gasteiger charge is -2.51. The fraction of sp³-hybridized carbons (Fsp3) is 0.881. The first kappa shape index (κ1) is 37.8. The van der Waals surface area contributed by atoms with Crippen LogP contribution in [0.3, 0.4) is 0 Å². The van der Waals surface area contributed by atoms with Crippen LogP contribution in [0, 0.1) is 11.8 Å². The summed E-state index contributed by atoms with van der Waals surface area (Å²) < 4.78 is 66.9. The monoisotopic (exact) mass is 772 g/mol. The molecule has 0 aromatic carbocycles. The molecule has 13 nitrogen and oxygen atoms in total. The average Bonchev–Trinajstić information content (AvgIpc) is 3.74. The van der Waals surface area contributed by atoms with Crippen LogP contribution in [0.1, 0.15) is 97.3 Å². The summed E-state index contributed by atoms with van der Waals surface area (Å²) >= 11 is 0. The minimum atomic E-state index is -0.808. The molecule has 11 fully saturated rings. The second-order valence-corrected chi connectivity index (χ2v) is 18.5. The van der Waals surface area contributed by atoms with Crippen molar-refractivity contribution in [2.75, 3.05) is 6.61 Å². The van der Waals surface area contributed by atoms with E-state index < -0.39 is 48.5 Å². The van der Waals surface area contributed by atoms with Crippen LogP contribution in [-0.4, -0.2) is 138 Å². The van der Waals surface area contributed by atoms with Crippen LogP contribution in [0.4, 0.5) is 0 Å². The number of carbonyl (C=O) groups is 1. The number of aliphatic hydroxyl groups is 2. The molecule has 11 aliphatic heterocycles. The Kier molecular flexibility index (Phi) is 10.1. The van der Waals surface area contributed by atoms with Crippen molar-refractivity contribution in [1.29, 1.82) is 0 Å². The number of aliphatic hydroxyl groups excluding tert-OH is 2. The van der Waals surface area contributed by atoms with Gasteiger partial charge < -0.3 is 57.6 Å². The lowest BCUT2D eigenvalue weighted by Crippen LogP contribution is -2.62. The molecule has 1 spiro atoms. The molecule has 0 aromatic rings. The standard InChI is InChI=1S/C42H60O13/c1-19-13-23-5-7-27-20(2)14-25(46-27)9-11-42-18-33-38(54-42)39-40(52-33)41(55-42)37-29(51-39)8-6-24(48-37)15-34(45)53-36-22(4)35-31(16-26(44)28(50-35)10-12-43)49-32(36)17-30(47-23)21(19)3/h19,22-33,35-41,43-44H,2-3,5-18H2,1,4H3/t19-,22+,23?,24?,25+,26-,27?,28-,29+,30-,31?,32?,33-,35+,36-,37+,38+,39+,40?,41+,42+/m1/s1. The van der Waals surface area contributed by atoms with Gasteiger partial charge in [0, 0.05) is 38.2 Å². The van der Waals surface area contributed by atoms with Gasteiger partial charge >= 0.3 is 5.97 Å². The number of ether oxygens (including phenoxy) is 10. The molecule has 0 saturated carbocycles. The lowest BCUT2D eigenvalue weighted by molar-refractivity contribution is -0.293. The minimum Gasteiger partial charge on any atom is -0.459 e. The summed E-state index contributed by atoms with van der Waals surface area (Å²) in [6.45, 7) is 13.1. The van der Waals surface area contributed by atoms with Gasteiger partial charge in [-0.2, -0.15) is 0 Å². The Morgan fingerprint density at radius 1 is 0.673 bits per heavy atom. The zero-order valence-electron chi connectivity index (χ0n) is 32.2. The number of fused-ring (bicyclic) bond motifs is 7. The first-order chi connectivity index (χ1) is 26.5. The molecule has 21 atom stereocenters. The van der Waals surface area contributed by atoms with Gasteiger partial charge in [0.2, 0.25) is 0 Å². The van der Waals surface area contributed by atoms with Crippen LogP contribution >= 0.6 is 0 Å². The first-order valence-electron chi connectivity index (χ1n) is 21.3. The number of hydrogen-bond donors (Lipinski definition) is 2. The van der Waals surface area contributed by atoms with Crippen LogP contribution in [0.25, 0.3) is 0 Å². The lowest BCUT2D eigenvalue weighted by atomic mass is 9.79. The average molecular weight is 773 g/mol. The van der Waals surface area contributed by atoms with Gasteiger partial charge in [-0.25, -0.2) is 0 Å². The van der Waals surface area contributed by atoms with E-state index in [9.17, 15) is 15.0 Å². The SMILES string of the molecule is C=C1C[C@@H]2CC[C@@]34C[C@H]5OC6[C@@H](O[C@H]7CCC(CC(=O)O[C@H]8C(C[C@H]9OC(CCC1O2)C[C@@H](C)C9=C)OC1C[C@@H](O)[C@@H](CCO)O[C@H]1[C@@H]8C)O[C@@H]7[C@@H]6O3)[C@H]5O4. The Bertz CT molecular complexity index is 1490. The second kappa shape index (κ2) is 14.7. The van der Waals surface area contributed by atoms with Gasteiger partial charge in [-0.3, -0.25) is 4.79 Å². The molecule has 13 heteroatoms. The molecule has 0 radical (unpaired) electrons. The molecule has 0 aromatic heterocycles. The molecular weight excluding hydrogens is 712 g/mol. The largest absolute Gasteiger partial charge is 0.459 e. The molecule has 12 bridgehead atoms. The smallest absolute Gasteiger partial charge is 0.308 e. The van der Waals surface area contributed by atoms with Gasteiger partial charge in [0.05, 0.1) is 79.7 Å². The summed E-state index contributed by atoms with van der Waals surface area (Å²) in [5, 5.41) is 20.6. The van der Waals surface area contributed by atoms with Crippen molar-refractivity contribution < 1.29 is 62.4 Å². The van der Waals surface area contributed by atoms with Crippen LogP contribution in [0.5, 0.6) is 0 Å². The maximum atomic E-state index is 14.0. The Balaban J connectivity index is 0.934. The van der Waals surface area contributed by atoms with E-state index in [-0.39, 0.29) is 98.0 Å². The molecule has 2 N–H and O–H groups in total. The fourth-order valence-corrected chi connectivity index (χ4v) is 11.9. The highest BCUT2D eigenvalue weighted by molar-refractivity contribution is 5.70. The maximum absolute atomic E-state index is 14.0. The van der Waals surface area contributed by atoms with E-state index in [2.05, 4.69) is 20.1 Å². The fourth-order valence-electron chi connectivity index (χ4n) is 11.9. The number of rotatable bonds is 2. The highest BCUT2D eigenvalue weighted by Crippen LogP contribution is 2.54. The van der Waals surface area contributed by atoms with Crippen LogP contribution in [0.15, 0.2) is 24.3 Å². The molecule has 11 heterocycles. The van der Waals surface area contributed by atoms with Crippen molar-refractivity contribution in [3.63, 3.8) is 0 Å². The quantitative estimate of drug-likeness (QED) is 0.312. The van der Waals surface area contributed by atoms with E-state index in [4.69, 9.17) is 47.4 Å². The van der Waals surface area contributed by atoms with Gasteiger partial charge in [0.25, 0.3) is 0 Å². The third kappa shape index (κ3) is 6.79. The summed E-state index contributed by atoms with van der Waals surface area (Å²) in [5.74, 6) is -1.18. The Labute approximate surface area is 323 Å². The van der Waals surface area contributed by atoms with Crippen LogP contribution in [0.2, 0.25) is 0 Å². The maximum Gasteiger partial charge on any atom is 0.308 e. The van der Waals surface area contributed by atoms with Crippen molar-refractivity contribution in [3.05, 3.63) is 24.3 Å². The Hall–Kier alpha value is -1.49. The summed E-state index contributed by atoms with van der Waals surface area (Å²) in [5.41, 5.74) is 2.14. The molecule has 306 valence electrons. The van der Waals surface area contributed by atoms with Gasteiger partial charge in [0.15, 0.2) is 5.79 Å². The molecule has 0 aliphatic carbocycles. The van der Waals surface area contributed by atoms with Gasteiger partial charge in [-0.1, -0.05) is 27.0 Å². The normalized spacial score (nSPS) is 54.9. The Morgan fingerprint density at radius 2 is 1.42 bits per heavy atom. The molecule has 11 aliphatic rings. The summed E-state index contributed by atoms with van der Waals surface area (Å²) in [7, 11) is 0. The van der Waals surface area contributed by atoms with E-state index in [0.29, 0.717) is 38.5 Å². The third-order valence-corrected chi connectivity index (χ3v) is 14.8. The van der Waals surface area contributed by atoms with E-state index in [1.807, 2.05) is 6.92 Å². The summed E-state index contributed by atoms with van der Waals surface area (Å²) in [6.07, 6.45) is 2.38. The van der Waals surface area contributed by atoms with Crippen molar-refractivity contribution >= 4 is 5.97 Å². The number of carbonyl (C=O) groups excluding carboxylic acids is 1. The van der Waals surface area contributed by atoms with Crippen molar-refractivity contribution in [2.24, 2.45) is 11.8 Å². The third-order valence-electron chi connectivity index (χ3n) is 14.8. The zero-order valence-corrected chi connectivity index (χ0v) is 32.2. The molecule has 11 saturated heterocycles. The first-order valence-corrected chi connectivity index (χ1v) is 21.3. The zero-order chi connectivity index (χ0) is 37.7. The van der Waals surface area contributed by atoms with E-state index in [0.717, 1.165) is 49.7 Å². The highest BCUT2D eigenvalue weighted by atomic mass is 16.8. The summed E-state index contributed by atoms with van der Waals surface area (Å²) in [4.78, 5) is 14.0. The molecule has 11 rings (SSSR count). The predicted molar refractivity (Wildman–Crippen MR) is 193 cm³/mol. The second-order valence-electron chi connectivity index (χ2n) is 18.5. The van der Waals surface area contributed by atoms with Gasteiger partial charge in [-0.15, -0.1) is 0 Å². The van der Waals surface area contributed by atoms with Crippen molar-refractivity contribution in [2.45, 2.75) is 213 Å². The van der Waals surface area contributed by atoms with E-state index >= 15 is 0 Å². The summed E-state index contributed by atoms with van der Waals surface area (Å²) in [6, 6.07) is 0. The van der Waals surface area contributed by atoms with E-state index in [1.54, 1.807) is 0 Å². The van der Waals surface area contributed by atoms with Crippen molar-refractivity contribution in [1.82, 2.24) is 0 Å². The minimum absolute atomic E-state index is 0.00281. The van der Waals surface area contributed by atoms with Gasteiger partial charge in [0.1, 0.15) is 36.6 Å². The van der Waals surface area contributed by atoms with Crippen molar-refractivity contribution in [3.8, 4) is 0 Å². The number of hydrogen-bond acceptors (Lipinski definition) is 13. The Morgan fingerprint density at radius 3 is 2.27 bits per heavy atom. The van der Waals surface area contributed by atoms with Crippen LogP contribution in [-0.2, 0) is 52.2 Å².